The van der Waals surface area contributed by atoms with Gasteiger partial charge in [-0.15, -0.1) is 0 Å². The Hall–Kier alpha value is -9.32. The number of likely N-dealkylation sites (N-methyl/N-ethyl adjacent to an activating group) is 2. The van der Waals surface area contributed by atoms with Crippen molar-refractivity contribution in [1.82, 2.24) is 62.7 Å². The van der Waals surface area contributed by atoms with Gasteiger partial charge < -0.3 is 63.0 Å². The second-order valence-electron chi connectivity index (χ2n) is 22.4. The Morgan fingerprint density at radius 1 is 0.533 bits per heavy atom. The molecule has 9 amide bonds. The van der Waals surface area contributed by atoms with Crippen molar-refractivity contribution in [2.75, 3.05) is 40.3 Å². The molecular weight excluding hydrogens is 1170 g/mol. The van der Waals surface area contributed by atoms with Gasteiger partial charge in [-0.25, -0.2) is 0 Å². The second-order valence-corrected chi connectivity index (χ2v) is 22.8. The van der Waals surface area contributed by atoms with Gasteiger partial charge in [-0.2, -0.15) is 0 Å². The number of amides is 9. The highest BCUT2D eigenvalue weighted by molar-refractivity contribution is 6.30. The molecule has 7 atom stereocenters. The number of unbranched alkanes of at least 4 members (excludes halogenated alkanes) is 1. The fourth-order valence-electron chi connectivity index (χ4n) is 9.97. The number of nitrogens with one attached hydrogen (secondary N) is 9. The maximum atomic E-state index is 14.9. The number of benzene rings is 4. The number of phenolic OH excluding ortho intramolecular Hbond substituents is 1. The van der Waals surface area contributed by atoms with Gasteiger partial charge in [0, 0.05) is 89.1 Å². The van der Waals surface area contributed by atoms with Gasteiger partial charge in [0.2, 0.25) is 47.3 Å². The Morgan fingerprint density at radius 3 is 1.70 bits per heavy atom. The molecule has 0 spiro atoms. The van der Waals surface area contributed by atoms with Crippen LogP contribution in [0.1, 0.15) is 79.1 Å². The molecule has 4 aromatic carbocycles. The van der Waals surface area contributed by atoms with Crippen molar-refractivity contribution in [3.8, 4) is 5.75 Å². The number of aromatic hydroxyl groups is 1. The third kappa shape index (κ3) is 22.4. The van der Waals surface area contributed by atoms with Gasteiger partial charge in [-0.3, -0.25) is 53.1 Å². The Balaban J connectivity index is 1.26. The fourth-order valence-corrected chi connectivity index (χ4v) is 10.1. The number of carbonyl (C=O) groups is 9. The van der Waals surface area contributed by atoms with Crippen LogP contribution in [0.25, 0.3) is 10.8 Å². The van der Waals surface area contributed by atoms with Crippen molar-refractivity contribution in [2.24, 2.45) is 5.92 Å². The number of hydrogen-bond acceptors (Lipinski definition) is 14. The Kier molecular flexibility index (Phi) is 27.6. The highest BCUT2D eigenvalue weighted by Gasteiger charge is 2.37. The third-order valence-corrected chi connectivity index (χ3v) is 15.0. The van der Waals surface area contributed by atoms with Gasteiger partial charge in [0.15, 0.2) is 0 Å². The molecule has 0 fully saturated rings. The van der Waals surface area contributed by atoms with Crippen LogP contribution in [0.2, 0.25) is 5.02 Å². The van der Waals surface area contributed by atoms with Crippen molar-refractivity contribution in [2.45, 2.75) is 114 Å². The van der Waals surface area contributed by atoms with Gasteiger partial charge in [0.05, 0.1) is 12.2 Å². The first kappa shape index (κ1) is 69.8. The molecule has 0 saturated heterocycles. The van der Waals surface area contributed by atoms with Crippen molar-refractivity contribution in [1.29, 1.82) is 0 Å². The predicted molar refractivity (Wildman–Crippen MR) is 340 cm³/mol. The van der Waals surface area contributed by atoms with E-state index in [2.05, 4.69) is 57.8 Å². The topological polar surface area (TPSA) is 331 Å². The molecule has 24 heteroatoms. The summed E-state index contributed by atoms with van der Waals surface area (Å²) in [4.78, 5) is 136. The molecule has 2 heterocycles. The zero-order chi connectivity index (χ0) is 65.1. The third-order valence-electron chi connectivity index (χ3n) is 14.8. The predicted octanol–water partition coefficient (Wildman–Crippen LogP) is 2.99. The average Bonchev–Trinajstić information content (AvgIpc) is 1.54. The number of rotatable bonds is 34. The van der Waals surface area contributed by atoms with E-state index in [4.69, 9.17) is 11.6 Å². The zero-order valence-electron chi connectivity index (χ0n) is 51.2. The van der Waals surface area contributed by atoms with E-state index in [1.807, 2.05) is 56.3 Å². The second kappa shape index (κ2) is 35.6. The summed E-state index contributed by atoms with van der Waals surface area (Å²) >= 11 is 6.23. The van der Waals surface area contributed by atoms with Crippen molar-refractivity contribution in [3.05, 3.63) is 173 Å². The normalized spacial score (nSPS) is 13.4. The number of halogens is 1. The van der Waals surface area contributed by atoms with Crippen molar-refractivity contribution < 1.29 is 53.4 Å². The molecule has 23 nitrogen and oxygen atoms in total. The molecule has 6 aromatic rings. The molecule has 0 radical (unpaired) electrons. The molecule has 0 aliphatic carbocycles. The van der Waals surface area contributed by atoms with E-state index >= 15 is 0 Å². The van der Waals surface area contributed by atoms with E-state index in [0.717, 1.165) is 21.2 Å². The van der Waals surface area contributed by atoms with Gasteiger partial charge >= 0.3 is 0 Å². The zero-order valence-corrected chi connectivity index (χ0v) is 51.9. The summed E-state index contributed by atoms with van der Waals surface area (Å²) in [6.07, 6.45) is 6.43. The van der Waals surface area contributed by atoms with Crippen LogP contribution in [0.3, 0.4) is 0 Å². The van der Waals surface area contributed by atoms with E-state index in [9.17, 15) is 53.4 Å². The molecule has 2 aromatic heterocycles. The lowest BCUT2D eigenvalue weighted by molar-refractivity contribution is -0.144. The van der Waals surface area contributed by atoms with E-state index in [0.29, 0.717) is 46.7 Å². The van der Waals surface area contributed by atoms with Crippen molar-refractivity contribution in [3.63, 3.8) is 0 Å². The van der Waals surface area contributed by atoms with Gasteiger partial charge in [-0.05, 0) is 114 Å². The monoisotopic (exact) mass is 1250 g/mol. The molecule has 90 heavy (non-hydrogen) atoms. The van der Waals surface area contributed by atoms with Crippen molar-refractivity contribution >= 4 is 75.5 Å². The van der Waals surface area contributed by atoms with Crippen LogP contribution in [-0.2, 0) is 64.0 Å². The number of aliphatic hydroxyl groups is 1. The maximum absolute atomic E-state index is 14.9. The number of carbonyl (C=O) groups excluding carboxylic acids is 9. The summed E-state index contributed by atoms with van der Waals surface area (Å²) in [6.45, 7) is 5.00. The standard InChI is InChI=1S/C66H81ClN12O11/c1-41(2)32-53(60(84)72-31-30-68-4)75-61(85)52(16-8-9-29-71-59(83)49-15-11-28-70-39-49)74-65(89)58(37-44-20-25-51(82)26-21-44)79(5)66(90)57(40-80)78-64(88)56(36-46-12-10-27-69-38-46)77-63(87)55(34-43-18-23-50(67)24-19-43)76-62(86)54(73-42(3)81)35-45-17-22-47-13-6-7-14-48(47)33-45/h6-7,10-15,17-28,33,38-39,41,52-58,68,80,82H,8-9,16,29-32,34-37,40H2,1-5H3,(H,71,83)(H,72,84)(H,73,81)(H,74,89)(H,75,85)(H,76,86)(H,77,87)(H,78,88)/t52-,53+,54-,55-,56-,57+,58+/m1/s1. The number of aromatic nitrogens is 2. The molecule has 0 saturated carbocycles. The molecule has 11 N–H and O–H groups in total. The number of nitrogens with zero attached hydrogens (tertiary/aromatic N) is 3. The van der Waals surface area contributed by atoms with Crippen LogP contribution in [-0.4, -0.2) is 161 Å². The van der Waals surface area contributed by atoms with Gasteiger partial charge in [0.1, 0.15) is 48.0 Å². The molecular formula is C66H81ClN12O11. The van der Waals surface area contributed by atoms with Crippen LogP contribution in [0.4, 0.5) is 0 Å². The Morgan fingerprint density at radius 2 is 1.09 bits per heavy atom. The summed E-state index contributed by atoms with van der Waals surface area (Å²) in [7, 11) is 3.01. The van der Waals surface area contributed by atoms with Crippen LogP contribution in [0.5, 0.6) is 5.75 Å². The molecule has 478 valence electrons. The quantitative estimate of drug-likeness (QED) is 0.0259. The number of hydrogen-bond donors (Lipinski definition) is 11. The largest absolute Gasteiger partial charge is 0.508 e. The van der Waals surface area contributed by atoms with Crippen LogP contribution < -0.4 is 47.9 Å². The van der Waals surface area contributed by atoms with E-state index in [1.54, 1.807) is 61.8 Å². The minimum Gasteiger partial charge on any atom is -0.508 e. The molecule has 0 aliphatic heterocycles. The lowest BCUT2D eigenvalue weighted by Gasteiger charge is -2.32. The number of phenols is 1. The van der Waals surface area contributed by atoms with Crippen LogP contribution in [0.15, 0.2) is 140 Å². The number of pyridine rings is 2. The highest BCUT2D eigenvalue weighted by Crippen LogP contribution is 2.20. The molecule has 0 aliphatic rings. The van der Waals surface area contributed by atoms with Crippen LogP contribution >= 0.6 is 11.6 Å². The van der Waals surface area contributed by atoms with Gasteiger partial charge in [-0.1, -0.05) is 98.2 Å². The first-order valence-electron chi connectivity index (χ1n) is 29.9. The maximum Gasteiger partial charge on any atom is 0.252 e. The summed E-state index contributed by atoms with van der Waals surface area (Å²) in [6, 6.07) is 22.7. The summed E-state index contributed by atoms with van der Waals surface area (Å²) < 4.78 is 0. The average molecular weight is 1250 g/mol. The van der Waals surface area contributed by atoms with Crippen LogP contribution in [0, 0.1) is 5.92 Å². The lowest BCUT2D eigenvalue weighted by atomic mass is 9.99. The van der Waals surface area contributed by atoms with E-state index in [1.165, 1.54) is 56.8 Å². The first-order chi connectivity index (χ1) is 43.2. The SMILES string of the molecule is CNCCNC(=O)[C@H](CC(C)C)NC(=O)[C@@H](CCCCNC(=O)c1cccnc1)NC(=O)[C@H](Cc1ccc(O)cc1)N(C)C(=O)[C@H](CO)NC(=O)[C@@H](Cc1cccnc1)NC(=O)[C@@H](Cc1ccc(Cl)cc1)NC(=O)[C@@H](Cc1ccc2ccccc2c1)NC(C)=O. The highest BCUT2D eigenvalue weighted by atomic mass is 35.5. The number of fused-ring (bicyclic) bond motifs is 1. The lowest BCUT2D eigenvalue weighted by Crippen LogP contribution is -2.61. The van der Waals surface area contributed by atoms with E-state index < -0.39 is 96.2 Å². The summed E-state index contributed by atoms with van der Waals surface area (Å²) in [5, 5.41) is 48.5. The molecule has 0 bridgehead atoms. The van der Waals surface area contributed by atoms with Gasteiger partial charge in [0.25, 0.3) is 5.91 Å². The molecule has 6 rings (SSSR count). The van der Waals surface area contributed by atoms with E-state index in [-0.39, 0.29) is 69.2 Å². The Labute approximate surface area is 528 Å². The first-order valence-corrected chi connectivity index (χ1v) is 30.3. The Bertz CT molecular complexity index is 3360. The fraction of sp³-hybridized carbons (Fsp3) is 0.379. The minimum absolute atomic E-state index is 0.0184. The molecule has 0 unspecified atom stereocenters. The summed E-state index contributed by atoms with van der Waals surface area (Å²) in [5.41, 5.74) is 2.60. The minimum atomic E-state index is -1.75. The number of aliphatic hydroxyl groups excluding tert-OH is 1. The summed E-state index contributed by atoms with van der Waals surface area (Å²) in [5.74, 6) is -6.37. The smallest absolute Gasteiger partial charge is 0.252 e.